The van der Waals surface area contributed by atoms with Crippen LogP contribution in [-0.4, -0.2) is 23.8 Å². The van der Waals surface area contributed by atoms with Crippen LogP contribution in [0.3, 0.4) is 0 Å². The average Bonchev–Trinajstić information content (AvgIpc) is 2.50. The Kier molecular flexibility index (Phi) is 4.48. The Morgan fingerprint density at radius 2 is 2.05 bits per heavy atom. The van der Waals surface area contributed by atoms with E-state index in [9.17, 15) is 4.79 Å². The number of hydrogen-bond donors (Lipinski definition) is 1. The van der Waals surface area contributed by atoms with E-state index in [0.29, 0.717) is 5.92 Å². The highest BCUT2D eigenvalue weighted by atomic mass is 16.5. The van der Waals surface area contributed by atoms with Crippen molar-refractivity contribution in [2.45, 2.75) is 39.3 Å². The smallest absolute Gasteiger partial charge is 0.258 e. The highest BCUT2D eigenvalue weighted by molar-refractivity contribution is 5.82. The van der Waals surface area contributed by atoms with Crippen LogP contribution in [0.2, 0.25) is 0 Å². The van der Waals surface area contributed by atoms with Crippen molar-refractivity contribution in [3.63, 3.8) is 0 Å². The van der Waals surface area contributed by atoms with E-state index in [1.165, 1.54) is 0 Å². The molecule has 1 aromatic carbocycles. The number of aromatic nitrogens is 1. The molecule has 1 N–H and O–H groups in total. The molecule has 118 valence electrons. The number of nitrogens with zero attached hydrogens (tertiary/aromatic N) is 1. The molecular weight excluding hydrogens is 276 g/mol. The molecule has 0 radical (unpaired) electrons. The van der Waals surface area contributed by atoms with Gasteiger partial charge in [-0.25, -0.2) is 0 Å². The van der Waals surface area contributed by atoms with Gasteiger partial charge in [0.05, 0.1) is 6.10 Å². The minimum Gasteiger partial charge on any atom is -0.491 e. The summed E-state index contributed by atoms with van der Waals surface area (Å²) in [6.45, 7) is 6.94. The molecule has 4 heteroatoms. The summed E-state index contributed by atoms with van der Waals surface area (Å²) in [5, 5.41) is 5.08. The van der Waals surface area contributed by atoms with Crippen molar-refractivity contribution >= 4 is 10.8 Å². The lowest BCUT2D eigenvalue weighted by Crippen LogP contribution is -2.32. The van der Waals surface area contributed by atoms with Gasteiger partial charge in [0.25, 0.3) is 5.56 Å². The molecule has 1 fully saturated rings. The summed E-state index contributed by atoms with van der Waals surface area (Å²) in [6, 6.07) is 7.74. The molecule has 0 amide bonds. The Labute approximate surface area is 131 Å². The van der Waals surface area contributed by atoms with E-state index < -0.39 is 0 Å². The van der Waals surface area contributed by atoms with Gasteiger partial charge in [0.15, 0.2) is 0 Å². The molecule has 0 atom stereocenters. The first-order valence-corrected chi connectivity index (χ1v) is 8.14. The molecule has 1 aromatic heterocycles. The quantitative estimate of drug-likeness (QED) is 0.944. The van der Waals surface area contributed by atoms with Crippen molar-refractivity contribution in [3.05, 3.63) is 40.8 Å². The van der Waals surface area contributed by atoms with Crippen LogP contribution in [0.1, 0.15) is 26.7 Å². The minimum absolute atomic E-state index is 0.104. The normalized spacial score (nSPS) is 16.3. The fourth-order valence-corrected chi connectivity index (χ4v) is 3.10. The maximum absolute atomic E-state index is 12.6. The molecule has 1 aliphatic heterocycles. The molecule has 0 bridgehead atoms. The molecule has 4 nitrogen and oxygen atoms in total. The number of rotatable bonds is 4. The molecule has 2 aromatic rings. The molecule has 0 aliphatic carbocycles. The monoisotopic (exact) mass is 300 g/mol. The van der Waals surface area contributed by atoms with E-state index in [1.807, 2.05) is 48.9 Å². The fourth-order valence-electron chi connectivity index (χ4n) is 3.10. The van der Waals surface area contributed by atoms with Crippen molar-refractivity contribution in [1.82, 2.24) is 9.88 Å². The van der Waals surface area contributed by atoms with Gasteiger partial charge in [-0.05, 0) is 75.3 Å². The first-order valence-electron chi connectivity index (χ1n) is 8.14. The summed E-state index contributed by atoms with van der Waals surface area (Å²) in [7, 11) is 0. The van der Waals surface area contributed by atoms with Crippen molar-refractivity contribution < 1.29 is 4.74 Å². The third-order valence-corrected chi connectivity index (χ3v) is 4.23. The van der Waals surface area contributed by atoms with Gasteiger partial charge in [0, 0.05) is 18.1 Å². The lowest BCUT2D eigenvalue weighted by Gasteiger charge is -2.23. The highest BCUT2D eigenvalue weighted by Gasteiger charge is 2.14. The highest BCUT2D eigenvalue weighted by Crippen LogP contribution is 2.20. The van der Waals surface area contributed by atoms with Gasteiger partial charge in [-0.3, -0.25) is 4.79 Å². The summed E-state index contributed by atoms with van der Waals surface area (Å²) in [5.74, 6) is 1.41. The van der Waals surface area contributed by atoms with E-state index >= 15 is 0 Å². The zero-order valence-corrected chi connectivity index (χ0v) is 13.3. The third-order valence-electron chi connectivity index (χ3n) is 4.23. The predicted molar refractivity (Wildman–Crippen MR) is 89.6 cm³/mol. The van der Waals surface area contributed by atoms with Crippen LogP contribution in [0.25, 0.3) is 10.8 Å². The Morgan fingerprint density at radius 1 is 1.27 bits per heavy atom. The molecule has 1 saturated heterocycles. The Morgan fingerprint density at radius 3 is 2.77 bits per heavy atom. The lowest BCUT2D eigenvalue weighted by atomic mass is 9.98. The first kappa shape index (κ1) is 15.1. The van der Waals surface area contributed by atoms with E-state index in [4.69, 9.17) is 4.74 Å². The molecule has 0 unspecified atom stereocenters. The van der Waals surface area contributed by atoms with Gasteiger partial charge >= 0.3 is 0 Å². The number of hydrogen-bond acceptors (Lipinski definition) is 3. The van der Waals surface area contributed by atoms with Crippen LogP contribution in [0.4, 0.5) is 0 Å². The van der Waals surface area contributed by atoms with Crippen molar-refractivity contribution in [2.24, 2.45) is 5.92 Å². The van der Waals surface area contributed by atoms with Crippen LogP contribution in [0.15, 0.2) is 35.3 Å². The zero-order valence-electron chi connectivity index (χ0n) is 13.3. The number of benzene rings is 1. The minimum atomic E-state index is 0.104. The summed E-state index contributed by atoms with van der Waals surface area (Å²) in [6.07, 6.45) is 4.35. The maximum Gasteiger partial charge on any atom is 0.258 e. The maximum atomic E-state index is 12.6. The van der Waals surface area contributed by atoms with E-state index in [0.717, 1.165) is 49.0 Å². The standard InChI is InChI=1S/C18H24N2O2/c1-13(2)22-16-3-4-17-15(11-16)7-10-20(18(17)21)12-14-5-8-19-9-6-14/h3-4,7,10-11,13-14,19H,5-6,8-9,12H2,1-2H3. The predicted octanol–water partition coefficient (Wildman–Crippen LogP) is 2.79. The second-order valence-corrected chi connectivity index (χ2v) is 6.38. The lowest BCUT2D eigenvalue weighted by molar-refractivity contribution is 0.243. The Balaban J connectivity index is 1.87. The van der Waals surface area contributed by atoms with Gasteiger partial charge in [-0.15, -0.1) is 0 Å². The fraction of sp³-hybridized carbons (Fsp3) is 0.500. The average molecular weight is 300 g/mol. The third kappa shape index (κ3) is 3.33. The largest absolute Gasteiger partial charge is 0.491 e. The first-order chi connectivity index (χ1) is 10.6. The van der Waals surface area contributed by atoms with E-state index in [-0.39, 0.29) is 11.7 Å². The Bertz CT molecular complexity index is 700. The van der Waals surface area contributed by atoms with Crippen LogP contribution in [0.5, 0.6) is 5.75 Å². The summed E-state index contributed by atoms with van der Waals surface area (Å²) in [5.41, 5.74) is 0.104. The molecule has 0 saturated carbocycles. The van der Waals surface area contributed by atoms with Gasteiger partial charge in [-0.1, -0.05) is 0 Å². The zero-order chi connectivity index (χ0) is 15.5. The molecule has 0 spiro atoms. The van der Waals surface area contributed by atoms with E-state index in [2.05, 4.69) is 5.32 Å². The molecular formula is C18H24N2O2. The van der Waals surface area contributed by atoms with Gasteiger partial charge in [0.2, 0.25) is 0 Å². The molecule has 22 heavy (non-hydrogen) atoms. The number of piperidine rings is 1. The SMILES string of the molecule is CC(C)Oc1ccc2c(=O)n(CC3CCNCC3)ccc2c1. The van der Waals surface area contributed by atoms with Crippen molar-refractivity contribution in [3.8, 4) is 5.75 Å². The van der Waals surface area contributed by atoms with Crippen molar-refractivity contribution in [1.29, 1.82) is 0 Å². The van der Waals surface area contributed by atoms with Crippen LogP contribution >= 0.6 is 0 Å². The van der Waals surface area contributed by atoms with Gasteiger partial charge in [0.1, 0.15) is 5.75 Å². The van der Waals surface area contributed by atoms with Crippen molar-refractivity contribution in [2.75, 3.05) is 13.1 Å². The number of fused-ring (bicyclic) bond motifs is 1. The molecule has 1 aliphatic rings. The Hall–Kier alpha value is -1.81. The van der Waals surface area contributed by atoms with Gasteiger partial charge < -0.3 is 14.6 Å². The van der Waals surface area contributed by atoms with Crippen LogP contribution < -0.4 is 15.6 Å². The molecule has 2 heterocycles. The summed E-state index contributed by atoms with van der Waals surface area (Å²) < 4.78 is 7.56. The van der Waals surface area contributed by atoms with Crippen LogP contribution in [0, 0.1) is 5.92 Å². The summed E-state index contributed by atoms with van der Waals surface area (Å²) in [4.78, 5) is 12.6. The molecule has 3 rings (SSSR count). The second kappa shape index (κ2) is 6.53. The van der Waals surface area contributed by atoms with Gasteiger partial charge in [-0.2, -0.15) is 0 Å². The summed E-state index contributed by atoms with van der Waals surface area (Å²) >= 11 is 0. The second-order valence-electron chi connectivity index (χ2n) is 6.38. The van der Waals surface area contributed by atoms with Crippen LogP contribution in [-0.2, 0) is 6.54 Å². The topological polar surface area (TPSA) is 43.3 Å². The van der Waals surface area contributed by atoms with E-state index in [1.54, 1.807) is 0 Å². The number of pyridine rings is 1. The number of ether oxygens (including phenoxy) is 1. The number of nitrogens with one attached hydrogen (secondary N) is 1.